The largest absolute Gasteiger partial charge is 0.390 e. The Hall–Kier alpha value is -0.370. The third kappa shape index (κ3) is 2.42. The van der Waals surface area contributed by atoms with Crippen LogP contribution in [0.4, 0.5) is 0 Å². The van der Waals surface area contributed by atoms with Crippen LogP contribution in [0.1, 0.15) is 78.6 Å². The van der Waals surface area contributed by atoms with Gasteiger partial charge in [0.1, 0.15) is 5.78 Å². The summed E-state index contributed by atoms with van der Waals surface area (Å²) in [7, 11) is 0. The van der Waals surface area contributed by atoms with Crippen LogP contribution in [0, 0.1) is 52.8 Å². The van der Waals surface area contributed by atoms with Gasteiger partial charge in [-0.05, 0) is 118 Å². The van der Waals surface area contributed by atoms with E-state index in [2.05, 4.69) is 13.8 Å². The second-order valence-corrected chi connectivity index (χ2v) is 11.2. The Morgan fingerprint density at radius 2 is 1.64 bits per heavy atom. The molecule has 0 aromatic heterocycles. The highest BCUT2D eigenvalue weighted by molar-refractivity contribution is 5.80. The predicted octanol–water partition coefficient (Wildman–Crippen LogP) is 4.84. The van der Waals surface area contributed by atoms with E-state index in [4.69, 9.17) is 0 Å². The Morgan fingerprint density at radius 3 is 2.40 bits per heavy atom. The summed E-state index contributed by atoms with van der Waals surface area (Å²) in [5.74, 6) is 6.62. The van der Waals surface area contributed by atoms with Gasteiger partial charge < -0.3 is 5.11 Å². The fraction of sp³-hybridized carbons (Fsp3) is 0.957. The number of fused-ring (bicyclic) bond motifs is 6. The maximum atomic E-state index is 12.5. The van der Waals surface area contributed by atoms with Gasteiger partial charge in [0.15, 0.2) is 0 Å². The van der Waals surface area contributed by atoms with Crippen molar-refractivity contribution >= 4 is 5.78 Å². The smallest absolute Gasteiger partial charge is 0.133 e. The summed E-state index contributed by atoms with van der Waals surface area (Å²) in [5, 5.41) is 10.5. The van der Waals surface area contributed by atoms with E-state index in [0.717, 1.165) is 54.3 Å². The van der Waals surface area contributed by atoms with Crippen molar-refractivity contribution in [3.8, 4) is 0 Å². The molecule has 0 bridgehead atoms. The van der Waals surface area contributed by atoms with Crippen LogP contribution >= 0.6 is 0 Å². The molecule has 2 heteroatoms. The van der Waals surface area contributed by atoms with Gasteiger partial charge in [-0.1, -0.05) is 6.92 Å². The van der Waals surface area contributed by atoms with E-state index in [1.807, 2.05) is 6.92 Å². The first-order chi connectivity index (χ1) is 11.8. The van der Waals surface area contributed by atoms with Crippen LogP contribution < -0.4 is 0 Å². The van der Waals surface area contributed by atoms with Gasteiger partial charge in [0, 0.05) is 5.92 Å². The molecule has 10 atom stereocenters. The number of carbonyl (C=O) groups excluding carboxylic acids is 1. The molecule has 5 saturated carbocycles. The number of Topliss-reactive ketones (excluding diaryl/α,β-unsaturated/α-hetero) is 1. The van der Waals surface area contributed by atoms with E-state index in [-0.39, 0.29) is 5.41 Å². The Bertz CT molecular complexity index is 581. The molecule has 0 radical (unpaired) electrons. The zero-order chi connectivity index (χ0) is 17.6. The van der Waals surface area contributed by atoms with Gasteiger partial charge in [-0.15, -0.1) is 0 Å². The lowest BCUT2D eigenvalue weighted by Crippen LogP contribution is -2.55. The van der Waals surface area contributed by atoms with Gasteiger partial charge in [0.2, 0.25) is 0 Å². The standard InChI is InChI=1S/C23H36O2/c1-13(24)21-19-10-15(19)11-20-18-5-4-14-12-22(2,25)8-6-16(14)17(18)7-9-23(20,21)3/h14-21,25H,4-12H2,1-3H3/t14-,15-,16+,17-,18-,19-,20+,21+,22-,23+/m1/s1. The maximum absolute atomic E-state index is 12.5. The normalized spacial score (nSPS) is 59.8. The summed E-state index contributed by atoms with van der Waals surface area (Å²) < 4.78 is 0. The number of hydrogen-bond donors (Lipinski definition) is 1. The Kier molecular flexibility index (Phi) is 3.58. The van der Waals surface area contributed by atoms with E-state index in [0.29, 0.717) is 11.7 Å². The monoisotopic (exact) mass is 344 g/mol. The van der Waals surface area contributed by atoms with Gasteiger partial charge >= 0.3 is 0 Å². The van der Waals surface area contributed by atoms with Gasteiger partial charge in [0.25, 0.3) is 0 Å². The molecule has 1 N–H and O–H groups in total. The second kappa shape index (κ2) is 5.33. The van der Waals surface area contributed by atoms with E-state index in [1.165, 1.54) is 44.9 Å². The molecule has 0 aromatic rings. The molecule has 5 aliphatic carbocycles. The quantitative estimate of drug-likeness (QED) is 0.739. The summed E-state index contributed by atoms with van der Waals surface area (Å²) in [4.78, 5) is 12.5. The van der Waals surface area contributed by atoms with Gasteiger partial charge in [-0.25, -0.2) is 0 Å². The summed E-state index contributed by atoms with van der Waals surface area (Å²) in [6.07, 6.45) is 11.4. The molecule has 0 heterocycles. The molecule has 0 aliphatic heterocycles. The zero-order valence-corrected chi connectivity index (χ0v) is 16.3. The van der Waals surface area contributed by atoms with E-state index in [9.17, 15) is 9.90 Å². The fourth-order valence-corrected chi connectivity index (χ4v) is 8.79. The third-order valence-corrected chi connectivity index (χ3v) is 9.79. The van der Waals surface area contributed by atoms with Crippen LogP contribution in [0.15, 0.2) is 0 Å². The molecule has 0 amide bonds. The molecule has 0 spiro atoms. The lowest BCUT2D eigenvalue weighted by atomic mass is 9.44. The van der Waals surface area contributed by atoms with Crippen molar-refractivity contribution in [2.75, 3.05) is 0 Å². The van der Waals surface area contributed by atoms with Crippen molar-refractivity contribution in [2.24, 2.45) is 52.8 Å². The van der Waals surface area contributed by atoms with Crippen molar-refractivity contribution < 1.29 is 9.90 Å². The number of carbonyl (C=O) groups is 1. The average molecular weight is 345 g/mol. The van der Waals surface area contributed by atoms with Crippen molar-refractivity contribution in [1.29, 1.82) is 0 Å². The Balaban J connectivity index is 1.42. The summed E-state index contributed by atoms with van der Waals surface area (Å²) in [5.41, 5.74) is -0.124. The molecule has 0 saturated heterocycles. The number of ketones is 1. The van der Waals surface area contributed by atoms with Crippen LogP contribution in [0.3, 0.4) is 0 Å². The van der Waals surface area contributed by atoms with Gasteiger partial charge in [0.05, 0.1) is 5.60 Å². The maximum Gasteiger partial charge on any atom is 0.133 e. The zero-order valence-electron chi connectivity index (χ0n) is 16.3. The van der Waals surface area contributed by atoms with E-state index >= 15 is 0 Å². The highest BCUT2D eigenvalue weighted by Crippen LogP contribution is 2.69. The van der Waals surface area contributed by atoms with Crippen molar-refractivity contribution in [3.05, 3.63) is 0 Å². The van der Waals surface area contributed by atoms with Gasteiger partial charge in [-0.3, -0.25) is 4.79 Å². The van der Waals surface area contributed by atoms with Crippen LogP contribution in [0.25, 0.3) is 0 Å². The number of hydrogen-bond acceptors (Lipinski definition) is 2. The van der Waals surface area contributed by atoms with Crippen molar-refractivity contribution in [1.82, 2.24) is 0 Å². The minimum absolute atomic E-state index is 0.289. The molecule has 2 nitrogen and oxygen atoms in total. The summed E-state index contributed by atoms with van der Waals surface area (Å²) >= 11 is 0. The predicted molar refractivity (Wildman–Crippen MR) is 98.9 cm³/mol. The average Bonchev–Trinajstić information content (AvgIpc) is 3.28. The minimum atomic E-state index is -0.414. The topological polar surface area (TPSA) is 37.3 Å². The third-order valence-electron chi connectivity index (χ3n) is 9.79. The van der Waals surface area contributed by atoms with Crippen molar-refractivity contribution in [3.63, 3.8) is 0 Å². The lowest BCUT2D eigenvalue weighted by molar-refractivity contribution is -0.148. The molecule has 140 valence electrons. The molecule has 0 unspecified atom stereocenters. The lowest BCUT2D eigenvalue weighted by Gasteiger charge is -2.60. The number of rotatable bonds is 1. The molecule has 5 aliphatic rings. The first-order valence-corrected chi connectivity index (χ1v) is 11.0. The van der Waals surface area contributed by atoms with E-state index in [1.54, 1.807) is 0 Å². The Morgan fingerprint density at radius 1 is 0.880 bits per heavy atom. The van der Waals surface area contributed by atoms with Crippen LogP contribution in [-0.4, -0.2) is 16.5 Å². The fourth-order valence-electron chi connectivity index (χ4n) is 8.79. The highest BCUT2D eigenvalue weighted by atomic mass is 16.3. The first-order valence-electron chi connectivity index (χ1n) is 11.0. The van der Waals surface area contributed by atoms with E-state index < -0.39 is 5.60 Å². The second-order valence-electron chi connectivity index (χ2n) is 11.2. The summed E-state index contributed by atoms with van der Waals surface area (Å²) in [6, 6.07) is 0. The highest BCUT2D eigenvalue weighted by Gasteiger charge is 2.64. The Labute approximate surface area is 153 Å². The summed E-state index contributed by atoms with van der Waals surface area (Å²) in [6.45, 7) is 6.42. The number of aliphatic hydroxyl groups is 1. The van der Waals surface area contributed by atoms with Crippen LogP contribution in [0.5, 0.6) is 0 Å². The molecular formula is C23H36O2. The SMILES string of the molecule is CC(=O)[C@H]1[C@@H]2C[C@@H]2C[C@H]2[C@@H]3CC[C@@H]4C[C@](C)(O)CC[C@@H]4[C@H]3CC[C@@]21C. The molecule has 5 rings (SSSR count). The first kappa shape index (κ1) is 16.8. The molecular weight excluding hydrogens is 308 g/mol. The molecule has 0 aromatic carbocycles. The van der Waals surface area contributed by atoms with Crippen molar-refractivity contribution in [2.45, 2.75) is 84.2 Å². The molecule has 5 fully saturated rings. The van der Waals surface area contributed by atoms with Crippen LogP contribution in [-0.2, 0) is 4.79 Å². The molecule has 25 heavy (non-hydrogen) atoms. The van der Waals surface area contributed by atoms with Crippen LogP contribution in [0.2, 0.25) is 0 Å². The van der Waals surface area contributed by atoms with Gasteiger partial charge in [-0.2, -0.15) is 0 Å². The minimum Gasteiger partial charge on any atom is -0.390 e.